The summed E-state index contributed by atoms with van der Waals surface area (Å²) in [5.41, 5.74) is 0.748. The van der Waals surface area contributed by atoms with Crippen molar-refractivity contribution in [2.24, 2.45) is 7.05 Å². The van der Waals surface area contributed by atoms with Crippen LogP contribution < -0.4 is 5.32 Å². The van der Waals surface area contributed by atoms with Crippen LogP contribution in [0.15, 0.2) is 18.6 Å². The fourth-order valence-electron chi connectivity index (χ4n) is 1.51. The molecule has 0 aromatic carbocycles. The summed E-state index contributed by atoms with van der Waals surface area (Å²) >= 11 is 0. The second-order valence-corrected chi connectivity index (χ2v) is 3.70. The third-order valence-corrected chi connectivity index (χ3v) is 2.55. The van der Waals surface area contributed by atoms with E-state index in [1.807, 2.05) is 0 Å². The van der Waals surface area contributed by atoms with Crippen LogP contribution in [0.4, 0.5) is 11.6 Å². The van der Waals surface area contributed by atoms with Crippen LogP contribution in [-0.4, -0.2) is 24.4 Å². The van der Waals surface area contributed by atoms with Gasteiger partial charge in [0.1, 0.15) is 6.33 Å². The summed E-state index contributed by atoms with van der Waals surface area (Å²) in [5, 5.41) is 13.8. The van der Waals surface area contributed by atoms with Crippen molar-refractivity contribution in [1.82, 2.24) is 19.5 Å². The zero-order valence-electron chi connectivity index (χ0n) is 9.99. The largest absolute Gasteiger partial charge is 0.406 e. The van der Waals surface area contributed by atoms with Gasteiger partial charge in [0.05, 0.1) is 12.2 Å². The fraction of sp³-hybridized carbons (Fsp3) is 0.300. The fourth-order valence-corrected chi connectivity index (χ4v) is 1.51. The molecule has 0 saturated carbocycles. The normalized spacial score (nSPS) is 10.3. The summed E-state index contributed by atoms with van der Waals surface area (Å²) in [5.74, 6) is 0.770. The Labute approximate surface area is 103 Å². The van der Waals surface area contributed by atoms with E-state index in [0.717, 1.165) is 5.69 Å². The lowest BCUT2D eigenvalue weighted by Gasteiger charge is -2.05. The Morgan fingerprint density at radius 3 is 2.94 bits per heavy atom. The Hall–Kier alpha value is -2.51. The minimum Gasteiger partial charge on any atom is -0.359 e. The van der Waals surface area contributed by atoms with Crippen LogP contribution in [0.25, 0.3) is 0 Å². The van der Waals surface area contributed by atoms with Gasteiger partial charge in [0.25, 0.3) is 0 Å². The molecule has 0 aliphatic heterocycles. The molecule has 18 heavy (non-hydrogen) atoms. The number of aromatic nitrogens is 4. The molecule has 2 rings (SSSR count). The van der Waals surface area contributed by atoms with E-state index >= 15 is 0 Å². The second-order valence-electron chi connectivity index (χ2n) is 3.70. The first-order valence-electron chi connectivity index (χ1n) is 5.26. The molecule has 2 heterocycles. The Bertz CT molecular complexity index is 565. The molecule has 0 atom stereocenters. The summed E-state index contributed by atoms with van der Waals surface area (Å²) < 4.78 is 1.64. The molecule has 0 amide bonds. The van der Waals surface area contributed by atoms with Gasteiger partial charge >= 0.3 is 5.82 Å². The smallest absolute Gasteiger partial charge is 0.359 e. The van der Waals surface area contributed by atoms with Crippen molar-refractivity contribution in [3.63, 3.8) is 0 Å². The highest BCUT2D eigenvalue weighted by Crippen LogP contribution is 2.23. The first kappa shape index (κ1) is 12.0. The molecule has 94 valence electrons. The van der Waals surface area contributed by atoms with E-state index in [-0.39, 0.29) is 5.82 Å². The molecule has 1 N–H and O–H groups in total. The number of aryl methyl sites for hydroxylation is 1. The first-order valence-corrected chi connectivity index (χ1v) is 5.26. The van der Waals surface area contributed by atoms with Crippen LogP contribution in [0.5, 0.6) is 0 Å². The molecule has 0 spiro atoms. The molecule has 8 heteroatoms. The summed E-state index contributed by atoms with van der Waals surface area (Å²) in [6.45, 7) is 2.09. The van der Waals surface area contributed by atoms with E-state index in [1.54, 1.807) is 30.8 Å². The zero-order valence-corrected chi connectivity index (χ0v) is 9.99. The molecule has 2 aromatic rings. The van der Waals surface area contributed by atoms with Gasteiger partial charge in [-0.25, -0.2) is 9.97 Å². The van der Waals surface area contributed by atoms with Crippen molar-refractivity contribution >= 4 is 11.6 Å². The Balaban J connectivity index is 2.21. The van der Waals surface area contributed by atoms with Gasteiger partial charge in [-0.3, -0.25) is 4.57 Å². The monoisotopic (exact) mass is 248 g/mol. The third kappa shape index (κ3) is 2.26. The van der Waals surface area contributed by atoms with E-state index in [2.05, 4.69) is 20.3 Å². The average Bonchev–Trinajstić information content (AvgIpc) is 2.65. The summed E-state index contributed by atoms with van der Waals surface area (Å²) in [7, 11) is 1.72. The molecule has 8 nitrogen and oxygen atoms in total. The highest BCUT2D eigenvalue weighted by Gasteiger charge is 2.23. The molecule has 0 fully saturated rings. The Morgan fingerprint density at radius 2 is 2.33 bits per heavy atom. The van der Waals surface area contributed by atoms with E-state index in [9.17, 15) is 10.1 Å². The van der Waals surface area contributed by atoms with E-state index in [0.29, 0.717) is 18.2 Å². The van der Waals surface area contributed by atoms with E-state index in [4.69, 9.17) is 0 Å². The number of nitrogens with zero attached hydrogens (tertiary/aromatic N) is 5. The van der Waals surface area contributed by atoms with Gasteiger partial charge in [-0.2, -0.15) is 0 Å². The molecular formula is C10H12N6O2. The van der Waals surface area contributed by atoms with Crippen LogP contribution >= 0.6 is 0 Å². The SMILES string of the molecule is Cc1nc([N+](=O)[O-])c(NCc2ccncn2)n1C. The highest BCUT2D eigenvalue weighted by atomic mass is 16.6. The van der Waals surface area contributed by atoms with Gasteiger partial charge in [0.15, 0.2) is 0 Å². The molecule has 0 saturated heterocycles. The molecule has 0 bridgehead atoms. The van der Waals surface area contributed by atoms with Crippen molar-refractivity contribution in [1.29, 1.82) is 0 Å². The molecule has 0 unspecified atom stereocenters. The van der Waals surface area contributed by atoms with Crippen LogP contribution in [0.2, 0.25) is 0 Å². The Morgan fingerprint density at radius 1 is 1.56 bits per heavy atom. The second kappa shape index (κ2) is 4.78. The van der Waals surface area contributed by atoms with Crippen LogP contribution in [0.3, 0.4) is 0 Å². The maximum atomic E-state index is 10.9. The van der Waals surface area contributed by atoms with Crippen LogP contribution in [0.1, 0.15) is 11.5 Å². The highest BCUT2D eigenvalue weighted by molar-refractivity contribution is 5.53. The van der Waals surface area contributed by atoms with Crippen molar-refractivity contribution in [3.05, 3.63) is 40.2 Å². The summed E-state index contributed by atoms with van der Waals surface area (Å²) in [4.78, 5) is 22.1. The quantitative estimate of drug-likeness (QED) is 0.641. The van der Waals surface area contributed by atoms with Crippen molar-refractivity contribution in [2.45, 2.75) is 13.5 Å². The van der Waals surface area contributed by atoms with Crippen molar-refractivity contribution < 1.29 is 4.92 Å². The summed E-state index contributed by atoms with van der Waals surface area (Å²) in [6.07, 6.45) is 3.05. The third-order valence-electron chi connectivity index (χ3n) is 2.55. The zero-order chi connectivity index (χ0) is 13.1. The number of hydrogen-bond acceptors (Lipinski definition) is 6. The number of rotatable bonds is 4. The van der Waals surface area contributed by atoms with Crippen LogP contribution in [-0.2, 0) is 13.6 Å². The number of nitro groups is 1. The predicted molar refractivity (Wildman–Crippen MR) is 64.0 cm³/mol. The van der Waals surface area contributed by atoms with E-state index < -0.39 is 4.92 Å². The lowest BCUT2D eigenvalue weighted by molar-refractivity contribution is -0.388. The maximum Gasteiger partial charge on any atom is 0.406 e. The molecule has 0 aliphatic carbocycles. The van der Waals surface area contributed by atoms with Crippen molar-refractivity contribution in [2.75, 3.05) is 5.32 Å². The maximum absolute atomic E-state index is 10.9. The van der Waals surface area contributed by atoms with Crippen molar-refractivity contribution in [3.8, 4) is 0 Å². The molecule has 0 aliphatic rings. The number of imidazole rings is 1. The topological polar surface area (TPSA) is 98.8 Å². The molecule has 2 aromatic heterocycles. The number of anilines is 1. The standard InChI is InChI=1S/C10H12N6O2/c1-7-14-10(16(17)18)9(15(7)2)12-5-8-3-4-11-6-13-8/h3-4,6,12H,5H2,1-2H3. The van der Waals surface area contributed by atoms with E-state index in [1.165, 1.54) is 6.33 Å². The lowest BCUT2D eigenvalue weighted by atomic mass is 10.4. The molecular weight excluding hydrogens is 236 g/mol. The van der Waals surface area contributed by atoms with Gasteiger partial charge in [0, 0.05) is 20.2 Å². The van der Waals surface area contributed by atoms with Crippen LogP contribution in [0, 0.1) is 17.0 Å². The van der Waals surface area contributed by atoms with Gasteiger partial charge in [-0.1, -0.05) is 0 Å². The lowest BCUT2D eigenvalue weighted by Crippen LogP contribution is -2.07. The average molecular weight is 248 g/mol. The predicted octanol–water partition coefficient (Wildman–Crippen LogP) is 1.04. The molecule has 0 radical (unpaired) electrons. The minimum atomic E-state index is -0.505. The van der Waals surface area contributed by atoms with Gasteiger partial charge < -0.3 is 15.4 Å². The van der Waals surface area contributed by atoms with Gasteiger partial charge in [-0.05, 0) is 16.0 Å². The minimum absolute atomic E-state index is 0.177. The van der Waals surface area contributed by atoms with Gasteiger partial charge in [0.2, 0.25) is 11.6 Å². The Kier molecular flexibility index (Phi) is 3.18. The van der Waals surface area contributed by atoms with Gasteiger partial charge in [-0.15, -0.1) is 0 Å². The first-order chi connectivity index (χ1) is 8.59. The number of hydrogen-bond donors (Lipinski definition) is 1. The summed E-state index contributed by atoms with van der Waals surface area (Å²) in [6, 6.07) is 1.74. The number of nitrogens with one attached hydrogen (secondary N) is 1.